The van der Waals surface area contributed by atoms with Gasteiger partial charge in [-0.15, -0.1) is 0 Å². The number of aryl methyl sites for hydroxylation is 1. The van der Waals surface area contributed by atoms with Crippen LogP contribution in [-0.4, -0.2) is 71.8 Å². The summed E-state index contributed by atoms with van der Waals surface area (Å²) in [5.41, 5.74) is 1.29. The van der Waals surface area contributed by atoms with Gasteiger partial charge < -0.3 is 10.2 Å². The number of benzene rings is 2. The molecule has 2 aromatic carbocycles. The molecule has 1 saturated heterocycles. The fourth-order valence-corrected chi connectivity index (χ4v) is 4.34. The van der Waals surface area contributed by atoms with Crippen molar-refractivity contribution >= 4 is 17.5 Å². The van der Waals surface area contributed by atoms with Crippen LogP contribution >= 0.6 is 0 Å². The summed E-state index contributed by atoms with van der Waals surface area (Å²) >= 11 is 0. The molecule has 2 amide bonds. The Morgan fingerprint density at radius 1 is 1.00 bits per heavy atom. The molecule has 35 heavy (non-hydrogen) atoms. The Balaban J connectivity index is 1.25. The second kappa shape index (κ2) is 10.8. The van der Waals surface area contributed by atoms with Gasteiger partial charge in [-0.25, -0.2) is 0 Å². The number of piperazine rings is 1. The number of carbonyl (C=O) groups is 2. The van der Waals surface area contributed by atoms with E-state index in [-0.39, 0.29) is 18.1 Å². The first-order valence-corrected chi connectivity index (χ1v) is 11.9. The first-order chi connectivity index (χ1) is 16.7. The summed E-state index contributed by atoms with van der Waals surface area (Å²) in [6.45, 7) is 5.14. The highest BCUT2D eigenvalue weighted by Gasteiger charge is 2.34. The lowest BCUT2D eigenvalue weighted by Gasteiger charge is -2.35. The maximum atomic E-state index is 13.2. The molecule has 2 aromatic rings. The quantitative estimate of drug-likeness (QED) is 0.615. The standard InChI is InChI=1S/C26H31F3N4O2/c1-19-6-8-20(9-7-19)16-33(21-10-11-21)18-25(35)32-14-12-31(13-15-32)17-24(34)30-23-5-3-2-4-22(23)26(27,28)29/h2-9,21H,10-18H2,1H3,(H,30,34). The van der Waals surface area contributed by atoms with E-state index >= 15 is 0 Å². The van der Waals surface area contributed by atoms with E-state index in [0.717, 1.165) is 25.5 Å². The van der Waals surface area contributed by atoms with Crippen molar-refractivity contribution in [2.24, 2.45) is 0 Å². The minimum Gasteiger partial charge on any atom is -0.339 e. The largest absolute Gasteiger partial charge is 0.418 e. The molecule has 0 unspecified atom stereocenters. The summed E-state index contributed by atoms with van der Waals surface area (Å²) in [5, 5.41) is 2.38. The summed E-state index contributed by atoms with van der Waals surface area (Å²) in [5.74, 6) is -0.424. The molecule has 0 bridgehead atoms. The predicted octanol–water partition coefficient (Wildman–Crippen LogP) is 3.76. The molecule has 9 heteroatoms. The van der Waals surface area contributed by atoms with Gasteiger partial charge in [0, 0.05) is 38.8 Å². The zero-order valence-electron chi connectivity index (χ0n) is 19.9. The van der Waals surface area contributed by atoms with Crippen LogP contribution in [0.25, 0.3) is 0 Å². The van der Waals surface area contributed by atoms with E-state index in [9.17, 15) is 22.8 Å². The molecule has 1 aliphatic carbocycles. The van der Waals surface area contributed by atoms with E-state index in [4.69, 9.17) is 0 Å². The van der Waals surface area contributed by atoms with E-state index < -0.39 is 17.6 Å². The summed E-state index contributed by atoms with van der Waals surface area (Å²) in [7, 11) is 0. The Morgan fingerprint density at radius 3 is 2.29 bits per heavy atom. The predicted molar refractivity (Wildman–Crippen MR) is 128 cm³/mol. The fraction of sp³-hybridized carbons (Fsp3) is 0.462. The molecule has 1 N–H and O–H groups in total. The number of rotatable bonds is 8. The molecule has 0 atom stereocenters. The fourth-order valence-electron chi connectivity index (χ4n) is 4.34. The highest BCUT2D eigenvalue weighted by molar-refractivity contribution is 5.93. The topological polar surface area (TPSA) is 55.9 Å². The number of para-hydroxylation sites is 1. The van der Waals surface area contributed by atoms with Crippen LogP contribution in [0.1, 0.15) is 29.5 Å². The second-order valence-electron chi connectivity index (χ2n) is 9.37. The Kier molecular flexibility index (Phi) is 7.76. The molecule has 6 nitrogen and oxygen atoms in total. The third-order valence-electron chi connectivity index (χ3n) is 6.51. The lowest BCUT2D eigenvalue weighted by Crippen LogP contribution is -2.52. The van der Waals surface area contributed by atoms with E-state index in [1.165, 1.54) is 29.3 Å². The van der Waals surface area contributed by atoms with Gasteiger partial charge in [0.1, 0.15) is 0 Å². The van der Waals surface area contributed by atoms with Gasteiger partial charge in [0.2, 0.25) is 11.8 Å². The third kappa shape index (κ3) is 7.05. The van der Waals surface area contributed by atoms with Crippen LogP contribution in [0.5, 0.6) is 0 Å². The SMILES string of the molecule is Cc1ccc(CN(CC(=O)N2CCN(CC(=O)Nc3ccccc3C(F)(F)F)CC2)C2CC2)cc1. The molecule has 1 aliphatic heterocycles. The number of nitrogens with one attached hydrogen (secondary N) is 1. The Morgan fingerprint density at radius 2 is 1.66 bits per heavy atom. The van der Waals surface area contributed by atoms with Gasteiger partial charge in [-0.2, -0.15) is 13.2 Å². The smallest absolute Gasteiger partial charge is 0.339 e. The maximum Gasteiger partial charge on any atom is 0.418 e. The highest BCUT2D eigenvalue weighted by Crippen LogP contribution is 2.34. The lowest BCUT2D eigenvalue weighted by molar-refractivity contribution is -0.137. The van der Waals surface area contributed by atoms with Gasteiger partial charge in [0.25, 0.3) is 0 Å². The van der Waals surface area contributed by atoms with Gasteiger partial charge in [0.05, 0.1) is 24.3 Å². The van der Waals surface area contributed by atoms with Crippen LogP contribution < -0.4 is 5.32 Å². The second-order valence-corrected chi connectivity index (χ2v) is 9.37. The zero-order valence-corrected chi connectivity index (χ0v) is 19.9. The number of amides is 2. The molecule has 188 valence electrons. The summed E-state index contributed by atoms with van der Waals surface area (Å²) in [6, 6.07) is 13.8. The molecule has 1 heterocycles. The van der Waals surface area contributed by atoms with Gasteiger partial charge in [0.15, 0.2) is 0 Å². The first-order valence-electron chi connectivity index (χ1n) is 11.9. The van der Waals surface area contributed by atoms with Crippen LogP contribution in [0.3, 0.4) is 0 Å². The summed E-state index contributed by atoms with van der Waals surface area (Å²) in [6.07, 6.45) is -2.32. The molecule has 0 radical (unpaired) electrons. The van der Waals surface area contributed by atoms with E-state index in [0.29, 0.717) is 38.8 Å². The molecule has 0 spiro atoms. The van der Waals surface area contributed by atoms with E-state index in [2.05, 4.69) is 41.4 Å². The number of halogens is 3. The third-order valence-corrected chi connectivity index (χ3v) is 6.51. The number of alkyl halides is 3. The van der Waals surface area contributed by atoms with Crippen molar-refractivity contribution < 1.29 is 22.8 Å². The monoisotopic (exact) mass is 488 g/mol. The van der Waals surface area contributed by atoms with Crippen molar-refractivity contribution in [1.82, 2.24) is 14.7 Å². The summed E-state index contributed by atoms with van der Waals surface area (Å²) in [4.78, 5) is 31.3. The van der Waals surface area contributed by atoms with Gasteiger partial charge >= 0.3 is 6.18 Å². The Bertz CT molecular complexity index is 1030. The van der Waals surface area contributed by atoms with E-state index in [1.807, 2.05) is 9.80 Å². The van der Waals surface area contributed by atoms with Crippen LogP contribution in [0.15, 0.2) is 48.5 Å². The van der Waals surface area contributed by atoms with Crippen molar-refractivity contribution in [3.8, 4) is 0 Å². The minimum absolute atomic E-state index is 0.0180. The number of anilines is 1. The molecule has 2 fully saturated rings. The van der Waals surface area contributed by atoms with Gasteiger partial charge in [-0.05, 0) is 37.5 Å². The number of hydrogen-bond donors (Lipinski definition) is 1. The first kappa shape index (κ1) is 25.2. The summed E-state index contributed by atoms with van der Waals surface area (Å²) < 4.78 is 39.5. The average molecular weight is 489 g/mol. The Hall–Kier alpha value is -2.91. The molecule has 2 aliphatic rings. The van der Waals surface area contributed by atoms with Crippen molar-refractivity contribution in [2.45, 2.75) is 38.5 Å². The number of carbonyl (C=O) groups excluding carboxylic acids is 2. The molecular weight excluding hydrogens is 457 g/mol. The van der Waals surface area contributed by atoms with Gasteiger partial charge in [-0.3, -0.25) is 19.4 Å². The van der Waals surface area contributed by atoms with Crippen molar-refractivity contribution in [3.05, 3.63) is 65.2 Å². The lowest BCUT2D eigenvalue weighted by atomic mass is 10.1. The molecular formula is C26H31F3N4O2. The van der Waals surface area contributed by atoms with Crippen LogP contribution in [-0.2, 0) is 22.3 Å². The van der Waals surface area contributed by atoms with Crippen molar-refractivity contribution in [3.63, 3.8) is 0 Å². The van der Waals surface area contributed by atoms with Crippen molar-refractivity contribution in [1.29, 1.82) is 0 Å². The van der Waals surface area contributed by atoms with Gasteiger partial charge in [-0.1, -0.05) is 42.0 Å². The minimum atomic E-state index is -4.54. The number of nitrogens with zero attached hydrogens (tertiary/aromatic N) is 3. The maximum absolute atomic E-state index is 13.2. The normalized spacial score (nSPS) is 17.0. The average Bonchev–Trinajstić information content (AvgIpc) is 3.65. The molecule has 4 rings (SSSR count). The molecule has 0 aromatic heterocycles. The van der Waals surface area contributed by atoms with E-state index in [1.54, 1.807) is 0 Å². The highest BCUT2D eigenvalue weighted by atomic mass is 19.4. The molecule has 1 saturated carbocycles. The van der Waals surface area contributed by atoms with Crippen LogP contribution in [0.4, 0.5) is 18.9 Å². The van der Waals surface area contributed by atoms with Crippen LogP contribution in [0.2, 0.25) is 0 Å². The Labute approximate surface area is 203 Å². The van der Waals surface area contributed by atoms with Crippen LogP contribution in [0, 0.1) is 6.92 Å². The van der Waals surface area contributed by atoms with Crippen molar-refractivity contribution in [2.75, 3.05) is 44.6 Å². The number of hydrogen-bond acceptors (Lipinski definition) is 4. The zero-order chi connectivity index (χ0) is 25.0.